The van der Waals surface area contributed by atoms with E-state index in [-0.39, 0.29) is 0 Å². The van der Waals surface area contributed by atoms with Crippen LogP contribution in [0.3, 0.4) is 0 Å². The Bertz CT molecular complexity index is 317. The Morgan fingerprint density at radius 3 is 2.77 bits per heavy atom. The number of rotatable bonds is 2. The molecule has 0 aliphatic carbocycles. The zero-order valence-corrected chi connectivity index (χ0v) is 9.69. The minimum absolute atomic E-state index is 0.402. The van der Waals surface area contributed by atoms with Gasteiger partial charge in [0.15, 0.2) is 0 Å². The van der Waals surface area contributed by atoms with Crippen LogP contribution in [-0.4, -0.2) is 4.98 Å². The standard InChI is InChI=1S/C8H10BrClN2O/c1-8(2,13-11)6-3-5(9)4-12-7(6)10/h3-4H,11H2,1-2H3. The van der Waals surface area contributed by atoms with E-state index in [1.807, 2.05) is 19.9 Å². The first-order valence-corrected chi connectivity index (χ1v) is 4.84. The Kier molecular flexibility index (Phi) is 3.29. The number of nitrogens with two attached hydrogens (primary N) is 1. The fraction of sp³-hybridized carbons (Fsp3) is 0.375. The molecule has 2 N–H and O–H groups in total. The molecule has 0 saturated heterocycles. The van der Waals surface area contributed by atoms with Crippen LogP contribution < -0.4 is 5.90 Å². The van der Waals surface area contributed by atoms with Gasteiger partial charge in [0.2, 0.25) is 0 Å². The maximum Gasteiger partial charge on any atom is 0.135 e. The molecule has 0 aliphatic heterocycles. The third-order valence-electron chi connectivity index (χ3n) is 1.75. The van der Waals surface area contributed by atoms with Crippen LogP contribution in [0.25, 0.3) is 0 Å². The predicted molar refractivity (Wildman–Crippen MR) is 55.2 cm³/mol. The normalized spacial score (nSPS) is 11.8. The van der Waals surface area contributed by atoms with Gasteiger partial charge in [0.25, 0.3) is 0 Å². The minimum atomic E-state index is -0.631. The highest BCUT2D eigenvalue weighted by Crippen LogP contribution is 2.30. The van der Waals surface area contributed by atoms with Crippen molar-refractivity contribution in [1.29, 1.82) is 0 Å². The second kappa shape index (κ2) is 3.92. The van der Waals surface area contributed by atoms with Crippen molar-refractivity contribution >= 4 is 27.5 Å². The van der Waals surface area contributed by atoms with Crippen molar-refractivity contribution in [2.75, 3.05) is 0 Å². The molecule has 5 heteroatoms. The van der Waals surface area contributed by atoms with E-state index in [4.69, 9.17) is 22.3 Å². The topological polar surface area (TPSA) is 48.1 Å². The molecule has 0 aliphatic rings. The number of hydrogen-bond acceptors (Lipinski definition) is 3. The molecular formula is C8H10BrClN2O. The van der Waals surface area contributed by atoms with Gasteiger partial charge in [0.1, 0.15) is 10.8 Å². The van der Waals surface area contributed by atoms with Crippen LogP contribution in [0.5, 0.6) is 0 Å². The molecule has 0 aromatic carbocycles. The number of hydrogen-bond donors (Lipinski definition) is 1. The molecule has 72 valence electrons. The molecular weight excluding hydrogens is 255 g/mol. The van der Waals surface area contributed by atoms with Gasteiger partial charge in [-0.1, -0.05) is 11.6 Å². The van der Waals surface area contributed by atoms with E-state index in [0.717, 1.165) is 10.0 Å². The summed E-state index contributed by atoms with van der Waals surface area (Å²) in [5.41, 5.74) is 0.125. The van der Waals surface area contributed by atoms with Gasteiger partial charge in [-0.05, 0) is 35.8 Å². The maximum atomic E-state index is 5.89. The van der Waals surface area contributed by atoms with Crippen molar-refractivity contribution < 1.29 is 4.84 Å². The lowest BCUT2D eigenvalue weighted by Crippen LogP contribution is -2.26. The fourth-order valence-corrected chi connectivity index (χ4v) is 1.57. The Morgan fingerprint density at radius 1 is 1.62 bits per heavy atom. The summed E-state index contributed by atoms with van der Waals surface area (Å²) in [5.74, 6) is 5.16. The zero-order valence-electron chi connectivity index (χ0n) is 7.34. The van der Waals surface area contributed by atoms with Crippen LogP contribution in [-0.2, 0) is 10.4 Å². The van der Waals surface area contributed by atoms with E-state index in [2.05, 4.69) is 20.9 Å². The first-order valence-electron chi connectivity index (χ1n) is 3.67. The summed E-state index contributed by atoms with van der Waals surface area (Å²) in [4.78, 5) is 8.79. The van der Waals surface area contributed by atoms with E-state index in [0.29, 0.717) is 5.15 Å². The number of halogens is 2. The van der Waals surface area contributed by atoms with Crippen molar-refractivity contribution in [2.45, 2.75) is 19.4 Å². The van der Waals surface area contributed by atoms with Crippen molar-refractivity contribution in [3.63, 3.8) is 0 Å². The number of aromatic nitrogens is 1. The van der Waals surface area contributed by atoms with Crippen LogP contribution >= 0.6 is 27.5 Å². The Morgan fingerprint density at radius 2 is 2.23 bits per heavy atom. The highest BCUT2D eigenvalue weighted by Gasteiger charge is 2.24. The molecule has 0 spiro atoms. The lowest BCUT2D eigenvalue weighted by Gasteiger charge is -2.22. The third kappa shape index (κ3) is 2.40. The van der Waals surface area contributed by atoms with Gasteiger partial charge in [0, 0.05) is 16.2 Å². The highest BCUT2D eigenvalue weighted by molar-refractivity contribution is 9.10. The average molecular weight is 266 g/mol. The van der Waals surface area contributed by atoms with E-state index in [1.54, 1.807) is 6.20 Å². The van der Waals surface area contributed by atoms with Crippen LogP contribution in [0.15, 0.2) is 16.7 Å². The number of pyridine rings is 1. The lowest BCUT2D eigenvalue weighted by molar-refractivity contribution is -0.0238. The highest BCUT2D eigenvalue weighted by atomic mass is 79.9. The van der Waals surface area contributed by atoms with Gasteiger partial charge < -0.3 is 0 Å². The van der Waals surface area contributed by atoms with Crippen molar-refractivity contribution in [3.05, 3.63) is 27.5 Å². The molecule has 0 amide bonds. The first kappa shape index (κ1) is 10.9. The molecule has 0 radical (unpaired) electrons. The summed E-state index contributed by atoms with van der Waals surface area (Å²) in [7, 11) is 0. The summed E-state index contributed by atoms with van der Waals surface area (Å²) in [6.45, 7) is 3.64. The summed E-state index contributed by atoms with van der Waals surface area (Å²) in [6, 6.07) is 1.84. The molecule has 1 heterocycles. The molecule has 0 atom stereocenters. The molecule has 1 aromatic heterocycles. The molecule has 1 rings (SSSR count). The largest absolute Gasteiger partial charge is 0.294 e. The number of nitrogens with zero attached hydrogens (tertiary/aromatic N) is 1. The van der Waals surface area contributed by atoms with Gasteiger partial charge in [0.05, 0.1) is 0 Å². The van der Waals surface area contributed by atoms with Gasteiger partial charge in [-0.15, -0.1) is 0 Å². The second-order valence-corrected chi connectivity index (χ2v) is 4.39. The van der Waals surface area contributed by atoms with E-state index in [9.17, 15) is 0 Å². The minimum Gasteiger partial charge on any atom is -0.294 e. The van der Waals surface area contributed by atoms with Crippen molar-refractivity contribution in [2.24, 2.45) is 5.90 Å². The first-order chi connectivity index (χ1) is 5.97. The molecule has 13 heavy (non-hydrogen) atoms. The zero-order chi connectivity index (χ0) is 10.1. The molecule has 0 unspecified atom stereocenters. The summed E-state index contributed by atoms with van der Waals surface area (Å²) in [5, 5.41) is 0.402. The lowest BCUT2D eigenvalue weighted by atomic mass is 10.0. The van der Waals surface area contributed by atoms with Gasteiger partial charge in [-0.2, -0.15) is 0 Å². The van der Waals surface area contributed by atoms with Gasteiger partial charge in [-0.3, -0.25) is 4.84 Å². The molecule has 1 aromatic rings. The monoisotopic (exact) mass is 264 g/mol. The molecule has 0 bridgehead atoms. The third-order valence-corrected chi connectivity index (χ3v) is 2.48. The van der Waals surface area contributed by atoms with Crippen LogP contribution in [0, 0.1) is 0 Å². The van der Waals surface area contributed by atoms with E-state index >= 15 is 0 Å². The summed E-state index contributed by atoms with van der Waals surface area (Å²) < 4.78 is 0.844. The quantitative estimate of drug-likeness (QED) is 0.660. The summed E-state index contributed by atoms with van der Waals surface area (Å²) >= 11 is 9.19. The van der Waals surface area contributed by atoms with Crippen LogP contribution in [0.1, 0.15) is 19.4 Å². The molecule has 0 fully saturated rings. The van der Waals surface area contributed by atoms with Crippen LogP contribution in [0.4, 0.5) is 0 Å². The Hall–Kier alpha value is -0.160. The molecule has 0 saturated carbocycles. The van der Waals surface area contributed by atoms with E-state index < -0.39 is 5.60 Å². The van der Waals surface area contributed by atoms with Crippen molar-refractivity contribution in [3.8, 4) is 0 Å². The molecule has 3 nitrogen and oxygen atoms in total. The maximum absolute atomic E-state index is 5.89. The smallest absolute Gasteiger partial charge is 0.135 e. The predicted octanol–water partition coefficient (Wildman–Crippen LogP) is 2.62. The van der Waals surface area contributed by atoms with E-state index in [1.165, 1.54) is 0 Å². The van der Waals surface area contributed by atoms with Crippen LogP contribution in [0.2, 0.25) is 5.15 Å². The average Bonchev–Trinajstić information content (AvgIpc) is 2.09. The van der Waals surface area contributed by atoms with Crippen molar-refractivity contribution in [1.82, 2.24) is 4.98 Å². The van der Waals surface area contributed by atoms with Gasteiger partial charge in [-0.25, -0.2) is 10.9 Å². The Labute approximate surface area is 90.3 Å². The SMILES string of the molecule is CC(C)(ON)c1cc(Br)cnc1Cl. The Balaban J connectivity index is 3.20. The van der Waals surface area contributed by atoms with Gasteiger partial charge >= 0.3 is 0 Å². The summed E-state index contributed by atoms with van der Waals surface area (Å²) in [6.07, 6.45) is 1.62. The fourth-order valence-electron chi connectivity index (χ4n) is 0.908. The second-order valence-electron chi connectivity index (χ2n) is 3.12.